The molecule has 1 aromatic heterocycles. The standard InChI is InChI=1S/C13H17N5/c1-9-6-10(2)8-11(7-9)18(3)12-4-5-15-13(16-12)17-14/h4-8H,14H2,1-3H3,(H,15,16,17). The predicted octanol–water partition coefficient (Wildman–Crippen LogP) is 2.15. The van der Waals surface area contributed by atoms with Crippen LogP contribution in [0.1, 0.15) is 11.1 Å². The van der Waals surface area contributed by atoms with Gasteiger partial charge in [-0.2, -0.15) is 4.98 Å². The zero-order chi connectivity index (χ0) is 13.1. The summed E-state index contributed by atoms with van der Waals surface area (Å²) in [5, 5.41) is 0. The van der Waals surface area contributed by atoms with Gasteiger partial charge in [-0.3, -0.25) is 5.43 Å². The summed E-state index contributed by atoms with van der Waals surface area (Å²) in [5.74, 6) is 6.51. The van der Waals surface area contributed by atoms with Gasteiger partial charge >= 0.3 is 0 Å². The Labute approximate surface area is 107 Å². The van der Waals surface area contributed by atoms with E-state index in [2.05, 4.69) is 47.4 Å². The van der Waals surface area contributed by atoms with Crippen molar-refractivity contribution in [2.24, 2.45) is 5.84 Å². The van der Waals surface area contributed by atoms with E-state index in [1.54, 1.807) is 6.20 Å². The highest BCUT2D eigenvalue weighted by Crippen LogP contribution is 2.24. The average molecular weight is 243 g/mol. The third kappa shape index (κ3) is 2.57. The van der Waals surface area contributed by atoms with Crippen LogP contribution in [-0.4, -0.2) is 17.0 Å². The number of hydrogen-bond acceptors (Lipinski definition) is 5. The van der Waals surface area contributed by atoms with Gasteiger partial charge in [0.15, 0.2) is 0 Å². The van der Waals surface area contributed by atoms with Crippen molar-refractivity contribution in [3.8, 4) is 0 Å². The van der Waals surface area contributed by atoms with Crippen molar-refractivity contribution >= 4 is 17.5 Å². The van der Waals surface area contributed by atoms with Crippen LogP contribution in [0.15, 0.2) is 30.5 Å². The molecule has 0 aliphatic carbocycles. The Balaban J connectivity index is 2.37. The molecule has 1 heterocycles. The highest BCUT2D eigenvalue weighted by atomic mass is 15.3. The highest BCUT2D eigenvalue weighted by molar-refractivity contribution is 5.61. The lowest BCUT2D eigenvalue weighted by molar-refractivity contribution is 1.06. The third-order valence-electron chi connectivity index (χ3n) is 2.71. The molecule has 5 nitrogen and oxygen atoms in total. The molecule has 0 amide bonds. The van der Waals surface area contributed by atoms with Crippen LogP contribution in [0.5, 0.6) is 0 Å². The highest BCUT2D eigenvalue weighted by Gasteiger charge is 2.07. The summed E-state index contributed by atoms with van der Waals surface area (Å²) in [4.78, 5) is 10.3. The first-order valence-corrected chi connectivity index (χ1v) is 5.72. The van der Waals surface area contributed by atoms with Gasteiger partial charge in [0, 0.05) is 18.9 Å². The molecule has 0 saturated heterocycles. The van der Waals surface area contributed by atoms with Gasteiger partial charge in [0.2, 0.25) is 5.95 Å². The number of hydrazine groups is 1. The molecular weight excluding hydrogens is 226 g/mol. The van der Waals surface area contributed by atoms with Gasteiger partial charge in [0.1, 0.15) is 5.82 Å². The molecule has 18 heavy (non-hydrogen) atoms. The van der Waals surface area contributed by atoms with E-state index in [9.17, 15) is 0 Å². The first-order chi connectivity index (χ1) is 8.60. The van der Waals surface area contributed by atoms with E-state index in [0.717, 1.165) is 11.5 Å². The normalized spacial score (nSPS) is 10.2. The second kappa shape index (κ2) is 5.01. The molecule has 2 aromatic rings. The lowest BCUT2D eigenvalue weighted by Gasteiger charge is -2.19. The summed E-state index contributed by atoms with van der Waals surface area (Å²) in [6.45, 7) is 4.16. The largest absolute Gasteiger partial charge is 0.329 e. The molecule has 0 spiro atoms. The van der Waals surface area contributed by atoms with Crippen molar-refractivity contribution in [1.29, 1.82) is 0 Å². The Morgan fingerprint density at radius 2 is 1.83 bits per heavy atom. The van der Waals surface area contributed by atoms with Crippen molar-refractivity contribution in [3.05, 3.63) is 41.6 Å². The average Bonchev–Trinajstić information content (AvgIpc) is 2.37. The van der Waals surface area contributed by atoms with Gasteiger partial charge in [-0.05, 0) is 43.2 Å². The van der Waals surface area contributed by atoms with Crippen LogP contribution in [0.3, 0.4) is 0 Å². The van der Waals surface area contributed by atoms with Crippen LogP contribution in [0.2, 0.25) is 0 Å². The molecule has 2 rings (SSSR count). The summed E-state index contributed by atoms with van der Waals surface area (Å²) in [6.07, 6.45) is 1.68. The number of nitrogens with two attached hydrogens (primary N) is 1. The van der Waals surface area contributed by atoms with Crippen molar-refractivity contribution in [1.82, 2.24) is 9.97 Å². The number of anilines is 3. The Bertz CT molecular complexity index is 533. The Hall–Kier alpha value is -2.14. The molecule has 0 saturated carbocycles. The van der Waals surface area contributed by atoms with Gasteiger partial charge in [-0.15, -0.1) is 0 Å². The number of rotatable bonds is 3. The fraction of sp³-hybridized carbons (Fsp3) is 0.231. The monoisotopic (exact) mass is 243 g/mol. The number of aromatic nitrogens is 2. The Kier molecular flexibility index (Phi) is 3.43. The summed E-state index contributed by atoms with van der Waals surface area (Å²) in [7, 11) is 1.97. The number of nitrogens with one attached hydrogen (secondary N) is 1. The first-order valence-electron chi connectivity index (χ1n) is 5.72. The van der Waals surface area contributed by atoms with Gasteiger partial charge in [0.05, 0.1) is 0 Å². The minimum Gasteiger partial charge on any atom is -0.329 e. The van der Waals surface area contributed by atoms with E-state index >= 15 is 0 Å². The maximum Gasteiger partial charge on any atom is 0.239 e. The molecule has 0 radical (unpaired) electrons. The van der Waals surface area contributed by atoms with E-state index in [4.69, 9.17) is 5.84 Å². The maximum absolute atomic E-state index is 5.31. The van der Waals surface area contributed by atoms with Crippen molar-refractivity contribution in [2.45, 2.75) is 13.8 Å². The number of hydrogen-bond donors (Lipinski definition) is 2. The van der Waals surface area contributed by atoms with E-state index < -0.39 is 0 Å². The smallest absolute Gasteiger partial charge is 0.239 e. The Morgan fingerprint density at radius 3 is 2.44 bits per heavy atom. The molecule has 0 fully saturated rings. The fourth-order valence-corrected chi connectivity index (χ4v) is 1.88. The minimum atomic E-state index is 0.406. The van der Waals surface area contributed by atoms with E-state index in [1.165, 1.54) is 11.1 Å². The third-order valence-corrected chi connectivity index (χ3v) is 2.71. The molecular formula is C13H17N5. The molecule has 94 valence electrons. The van der Waals surface area contributed by atoms with E-state index in [-0.39, 0.29) is 0 Å². The zero-order valence-corrected chi connectivity index (χ0v) is 10.8. The first kappa shape index (κ1) is 12.3. The topological polar surface area (TPSA) is 67.1 Å². The quantitative estimate of drug-likeness (QED) is 0.638. The SMILES string of the molecule is Cc1cc(C)cc(N(C)c2ccnc(NN)n2)c1. The van der Waals surface area contributed by atoms with Crippen LogP contribution in [0, 0.1) is 13.8 Å². The fourth-order valence-electron chi connectivity index (χ4n) is 1.88. The summed E-state index contributed by atoms with van der Waals surface area (Å²) in [6, 6.07) is 8.22. The molecule has 0 aliphatic heterocycles. The molecule has 1 aromatic carbocycles. The number of nitrogen functional groups attached to an aromatic ring is 1. The van der Waals surface area contributed by atoms with Crippen LogP contribution >= 0.6 is 0 Å². The zero-order valence-electron chi connectivity index (χ0n) is 10.8. The Morgan fingerprint density at radius 1 is 1.17 bits per heavy atom. The van der Waals surface area contributed by atoms with E-state index in [1.807, 2.05) is 18.0 Å². The van der Waals surface area contributed by atoms with Crippen molar-refractivity contribution in [3.63, 3.8) is 0 Å². The maximum atomic E-state index is 5.31. The molecule has 3 N–H and O–H groups in total. The van der Waals surface area contributed by atoms with Gasteiger partial charge < -0.3 is 4.90 Å². The molecule has 0 atom stereocenters. The number of nitrogens with zero attached hydrogens (tertiary/aromatic N) is 3. The van der Waals surface area contributed by atoms with Crippen molar-refractivity contribution < 1.29 is 0 Å². The summed E-state index contributed by atoms with van der Waals surface area (Å²) in [5.41, 5.74) is 5.99. The number of benzene rings is 1. The molecule has 5 heteroatoms. The van der Waals surface area contributed by atoms with Crippen LogP contribution < -0.4 is 16.2 Å². The van der Waals surface area contributed by atoms with E-state index in [0.29, 0.717) is 5.95 Å². The summed E-state index contributed by atoms with van der Waals surface area (Å²) >= 11 is 0. The second-order valence-electron chi connectivity index (χ2n) is 4.29. The lowest BCUT2D eigenvalue weighted by atomic mass is 10.1. The molecule has 0 bridgehead atoms. The minimum absolute atomic E-state index is 0.406. The van der Waals surface area contributed by atoms with Crippen LogP contribution in [0.4, 0.5) is 17.5 Å². The second-order valence-corrected chi connectivity index (χ2v) is 4.29. The lowest BCUT2D eigenvalue weighted by Crippen LogP contribution is -2.15. The summed E-state index contributed by atoms with van der Waals surface area (Å²) < 4.78 is 0. The van der Waals surface area contributed by atoms with Gasteiger partial charge in [0.25, 0.3) is 0 Å². The molecule has 0 aliphatic rings. The van der Waals surface area contributed by atoms with Crippen LogP contribution in [-0.2, 0) is 0 Å². The van der Waals surface area contributed by atoms with Crippen LogP contribution in [0.25, 0.3) is 0 Å². The van der Waals surface area contributed by atoms with Gasteiger partial charge in [-0.25, -0.2) is 10.8 Å². The molecule has 0 unspecified atom stereocenters. The van der Waals surface area contributed by atoms with Gasteiger partial charge in [-0.1, -0.05) is 6.07 Å². The van der Waals surface area contributed by atoms with Crippen molar-refractivity contribution in [2.75, 3.05) is 17.4 Å². The number of aryl methyl sites for hydroxylation is 2. The predicted molar refractivity (Wildman–Crippen MR) is 73.8 cm³/mol.